The Bertz CT molecular complexity index is 522. The first-order valence-corrected chi connectivity index (χ1v) is 8.13. The highest BCUT2D eigenvalue weighted by Crippen LogP contribution is 2.13. The van der Waals surface area contributed by atoms with E-state index in [9.17, 15) is 4.79 Å². The summed E-state index contributed by atoms with van der Waals surface area (Å²) >= 11 is 0. The smallest absolute Gasteiger partial charge is 0.330 e. The number of benzene rings is 1. The summed E-state index contributed by atoms with van der Waals surface area (Å²) in [7, 11) is 1.63. The molecular formula is C20H28O3. The van der Waals surface area contributed by atoms with Crippen molar-refractivity contribution in [3.63, 3.8) is 0 Å². The molecule has 1 aromatic carbocycles. The van der Waals surface area contributed by atoms with Gasteiger partial charge in [0, 0.05) is 6.08 Å². The van der Waals surface area contributed by atoms with E-state index < -0.39 is 0 Å². The number of carbonyl (C=O) groups is 1. The summed E-state index contributed by atoms with van der Waals surface area (Å²) in [6, 6.07) is 7.51. The average molecular weight is 316 g/mol. The fraction of sp³-hybridized carbons (Fsp3) is 0.450. The molecule has 0 amide bonds. The van der Waals surface area contributed by atoms with Gasteiger partial charge in [-0.2, -0.15) is 0 Å². The van der Waals surface area contributed by atoms with Gasteiger partial charge < -0.3 is 9.47 Å². The van der Waals surface area contributed by atoms with E-state index >= 15 is 0 Å². The molecule has 1 unspecified atom stereocenters. The quantitative estimate of drug-likeness (QED) is 0.364. The summed E-state index contributed by atoms with van der Waals surface area (Å²) in [5.41, 5.74) is 2.30. The lowest BCUT2D eigenvalue weighted by Crippen LogP contribution is -2.06. The Morgan fingerprint density at radius 3 is 2.48 bits per heavy atom. The fourth-order valence-corrected chi connectivity index (χ4v) is 2.09. The first kappa shape index (κ1) is 19.0. The molecule has 1 atom stereocenters. The van der Waals surface area contributed by atoms with Crippen LogP contribution in [-0.2, 0) is 9.53 Å². The minimum absolute atomic E-state index is 0.294. The van der Waals surface area contributed by atoms with Gasteiger partial charge in [-0.3, -0.25) is 0 Å². The number of carbonyl (C=O) groups excluding carboxylic acids is 1. The maximum Gasteiger partial charge on any atom is 0.330 e. The first-order chi connectivity index (χ1) is 11.0. The number of ether oxygens (including phenoxy) is 2. The third kappa shape index (κ3) is 8.87. The van der Waals surface area contributed by atoms with E-state index in [-0.39, 0.29) is 5.97 Å². The van der Waals surface area contributed by atoms with Crippen molar-refractivity contribution in [3.05, 3.63) is 47.6 Å². The lowest BCUT2D eigenvalue weighted by molar-refractivity contribution is -0.138. The van der Waals surface area contributed by atoms with Crippen molar-refractivity contribution in [2.24, 2.45) is 5.92 Å². The second-order valence-corrected chi connectivity index (χ2v) is 6.03. The number of esters is 1. The molecule has 126 valence electrons. The van der Waals surface area contributed by atoms with Gasteiger partial charge in [-0.15, -0.1) is 0 Å². The molecule has 1 aromatic rings. The molecule has 0 N–H and O–H groups in total. The van der Waals surface area contributed by atoms with Crippen LogP contribution in [0.15, 0.2) is 42.0 Å². The van der Waals surface area contributed by atoms with Gasteiger partial charge in [-0.25, -0.2) is 4.79 Å². The standard InChI is InChI=1S/C20H28O3/c1-16(2)6-5-7-17(3)14-15-23-20(21)13-10-18-8-11-19(22-4)12-9-18/h6,8-13,17H,5,7,14-15H2,1-4H3/b13-10+. The van der Waals surface area contributed by atoms with Gasteiger partial charge in [0.25, 0.3) is 0 Å². The van der Waals surface area contributed by atoms with E-state index in [4.69, 9.17) is 9.47 Å². The van der Waals surface area contributed by atoms with Crippen molar-refractivity contribution >= 4 is 12.0 Å². The molecule has 0 saturated heterocycles. The zero-order valence-corrected chi connectivity index (χ0v) is 14.7. The molecule has 0 aliphatic rings. The number of rotatable bonds is 9. The first-order valence-electron chi connectivity index (χ1n) is 8.13. The Morgan fingerprint density at radius 1 is 1.17 bits per heavy atom. The highest BCUT2D eigenvalue weighted by Gasteiger charge is 2.03. The third-order valence-electron chi connectivity index (χ3n) is 3.59. The Hall–Kier alpha value is -2.03. The zero-order valence-electron chi connectivity index (χ0n) is 14.7. The average Bonchev–Trinajstić information content (AvgIpc) is 2.53. The summed E-state index contributed by atoms with van der Waals surface area (Å²) in [6.45, 7) is 6.89. The molecule has 0 heterocycles. The molecule has 3 nitrogen and oxygen atoms in total. The van der Waals surface area contributed by atoms with Crippen LogP contribution in [0.5, 0.6) is 5.75 Å². The van der Waals surface area contributed by atoms with E-state index in [2.05, 4.69) is 26.8 Å². The van der Waals surface area contributed by atoms with Crippen LogP contribution in [0, 0.1) is 5.92 Å². The number of methoxy groups -OCH3 is 1. The molecule has 0 fully saturated rings. The van der Waals surface area contributed by atoms with Gasteiger partial charge in [-0.05, 0) is 62.8 Å². The van der Waals surface area contributed by atoms with E-state index in [1.165, 1.54) is 11.6 Å². The largest absolute Gasteiger partial charge is 0.497 e. The van der Waals surface area contributed by atoms with Gasteiger partial charge in [0.05, 0.1) is 13.7 Å². The number of hydrogen-bond donors (Lipinski definition) is 0. The summed E-state index contributed by atoms with van der Waals surface area (Å²) in [5, 5.41) is 0. The van der Waals surface area contributed by atoms with Crippen LogP contribution < -0.4 is 4.74 Å². The van der Waals surface area contributed by atoms with Crippen molar-refractivity contribution in [1.29, 1.82) is 0 Å². The van der Waals surface area contributed by atoms with Crippen LogP contribution in [-0.4, -0.2) is 19.7 Å². The molecule has 0 radical (unpaired) electrons. The monoisotopic (exact) mass is 316 g/mol. The van der Waals surface area contributed by atoms with Gasteiger partial charge in [0.2, 0.25) is 0 Å². The van der Waals surface area contributed by atoms with Crippen molar-refractivity contribution < 1.29 is 14.3 Å². The van der Waals surface area contributed by atoms with E-state index in [1.54, 1.807) is 13.2 Å². The zero-order chi connectivity index (χ0) is 17.1. The third-order valence-corrected chi connectivity index (χ3v) is 3.59. The lowest BCUT2D eigenvalue weighted by atomic mass is 10.0. The summed E-state index contributed by atoms with van der Waals surface area (Å²) in [4.78, 5) is 11.7. The van der Waals surface area contributed by atoms with E-state index in [0.29, 0.717) is 12.5 Å². The van der Waals surface area contributed by atoms with Gasteiger partial charge in [0.15, 0.2) is 0 Å². The second-order valence-electron chi connectivity index (χ2n) is 6.03. The molecule has 0 saturated carbocycles. The van der Waals surface area contributed by atoms with Crippen LogP contribution in [0.2, 0.25) is 0 Å². The predicted molar refractivity (Wildman–Crippen MR) is 95.4 cm³/mol. The second kappa shape index (κ2) is 10.7. The summed E-state index contributed by atoms with van der Waals surface area (Å²) in [5.74, 6) is 1.06. The maximum absolute atomic E-state index is 11.7. The molecule has 0 spiro atoms. The van der Waals surface area contributed by atoms with Gasteiger partial charge in [0.1, 0.15) is 5.75 Å². The molecule has 0 aliphatic heterocycles. The Kier molecular flexibility index (Phi) is 8.81. The minimum Gasteiger partial charge on any atom is -0.497 e. The Labute approximate surface area is 140 Å². The van der Waals surface area contributed by atoms with Crippen molar-refractivity contribution in [1.82, 2.24) is 0 Å². The summed E-state index contributed by atoms with van der Waals surface area (Å²) in [6.07, 6.45) is 8.59. The molecule has 23 heavy (non-hydrogen) atoms. The number of allylic oxidation sites excluding steroid dienone is 2. The Balaban J connectivity index is 2.25. The van der Waals surface area contributed by atoms with Crippen LogP contribution in [0.4, 0.5) is 0 Å². The highest BCUT2D eigenvalue weighted by molar-refractivity contribution is 5.87. The van der Waals surface area contributed by atoms with E-state index in [1.807, 2.05) is 24.3 Å². The van der Waals surface area contributed by atoms with Crippen LogP contribution in [0.1, 0.15) is 45.6 Å². The minimum atomic E-state index is -0.294. The molecule has 1 rings (SSSR count). The van der Waals surface area contributed by atoms with Crippen LogP contribution >= 0.6 is 0 Å². The van der Waals surface area contributed by atoms with E-state index in [0.717, 1.165) is 30.6 Å². The molecular weight excluding hydrogens is 288 g/mol. The van der Waals surface area contributed by atoms with Gasteiger partial charge >= 0.3 is 5.97 Å². The topological polar surface area (TPSA) is 35.5 Å². The normalized spacial score (nSPS) is 12.0. The molecule has 3 heteroatoms. The van der Waals surface area contributed by atoms with Crippen molar-refractivity contribution in [3.8, 4) is 5.75 Å². The van der Waals surface area contributed by atoms with Crippen molar-refractivity contribution in [2.45, 2.75) is 40.0 Å². The lowest BCUT2D eigenvalue weighted by Gasteiger charge is -2.09. The van der Waals surface area contributed by atoms with Crippen LogP contribution in [0.25, 0.3) is 6.08 Å². The maximum atomic E-state index is 11.7. The molecule has 0 bridgehead atoms. The number of hydrogen-bond acceptors (Lipinski definition) is 3. The van der Waals surface area contributed by atoms with Gasteiger partial charge in [-0.1, -0.05) is 30.7 Å². The Morgan fingerprint density at radius 2 is 1.87 bits per heavy atom. The predicted octanol–water partition coefficient (Wildman–Crippen LogP) is 5.02. The molecule has 0 aliphatic carbocycles. The highest BCUT2D eigenvalue weighted by atomic mass is 16.5. The fourth-order valence-electron chi connectivity index (χ4n) is 2.09. The summed E-state index contributed by atoms with van der Waals surface area (Å²) < 4.78 is 10.3. The molecule has 0 aromatic heterocycles. The SMILES string of the molecule is COc1ccc(/C=C/C(=O)OCCC(C)CCC=C(C)C)cc1. The van der Waals surface area contributed by atoms with Crippen LogP contribution in [0.3, 0.4) is 0 Å². The van der Waals surface area contributed by atoms with Crippen molar-refractivity contribution in [2.75, 3.05) is 13.7 Å².